The van der Waals surface area contributed by atoms with Crippen molar-refractivity contribution in [2.45, 2.75) is 20.8 Å². The summed E-state index contributed by atoms with van der Waals surface area (Å²) in [4.78, 5) is 18.1. The Kier molecular flexibility index (Phi) is 5.79. The first kappa shape index (κ1) is 20.4. The average molecular weight is 478 g/mol. The maximum absolute atomic E-state index is 13.5. The molecule has 0 saturated carbocycles. The smallest absolute Gasteiger partial charge is 0.267 e. The van der Waals surface area contributed by atoms with Crippen LogP contribution in [-0.2, 0) is 0 Å². The summed E-state index contributed by atoms with van der Waals surface area (Å²) >= 11 is 4.90. The van der Waals surface area contributed by atoms with Crippen LogP contribution in [0.1, 0.15) is 32.6 Å². The van der Waals surface area contributed by atoms with E-state index in [1.54, 1.807) is 6.21 Å². The molecule has 0 N–H and O–H groups in total. The highest BCUT2D eigenvalue weighted by Gasteiger charge is 2.22. The Morgan fingerprint density at radius 1 is 1.00 bits per heavy atom. The van der Waals surface area contributed by atoms with Crippen molar-refractivity contribution in [3.63, 3.8) is 0 Å². The number of hydrazone groups is 1. The van der Waals surface area contributed by atoms with Gasteiger partial charge in [0.25, 0.3) is 5.91 Å². The van der Waals surface area contributed by atoms with Gasteiger partial charge in [-0.3, -0.25) is 4.79 Å². The summed E-state index contributed by atoms with van der Waals surface area (Å²) < 4.78 is 2.02. The Balaban J connectivity index is 1.78. The van der Waals surface area contributed by atoms with Crippen LogP contribution in [0, 0.1) is 20.8 Å². The van der Waals surface area contributed by atoms with Crippen LogP contribution >= 0.6 is 27.3 Å². The summed E-state index contributed by atoms with van der Waals surface area (Å²) in [5, 5.41) is 6.50. The molecule has 3 aromatic carbocycles. The molecule has 4 nitrogen and oxygen atoms in total. The molecule has 1 aromatic heterocycles. The Morgan fingerprint density at radius 3 is 2.43 bits per heavy atom. The van der Waals surface area contributed by atoms with Crippen molar-refractivity contribution in [3.05, 3.63) is 93.0 Å². The molecule has 0 aliphatic heterocycles. The van der Waals surface area contributed by atoms with Crippen molar-refractivity contribution < 1.29 is 4.79 Å². The summed E-state index contributed by atoms with van der Waals surface area (Å²) in [7, 11) is 0. The van der Waals surface area contributed by atoms with Crippen LogP contribution in [0.3, 0.4) is 0 Å². The van der Waals surface area contributed by atoms with Gasteiger partial charge in [-0.15, -0.1) is 0 Å². The fourth-order valence-corrected chi connectivity index (χ4v) is 4.42. The van der Waals surface area contributed by atoms with Gasteiger partial charge in [-0.05, 0) is 67.8 Å². The molecule has 0 unspecified atom stereocenters. The highest BCUT2D eigenvalue weighted by atomic mass is 79.9. The normalized spacial score (nSPS) is 11.3. The first-order chi connectivity index (χ1) is 14.4. The van der Waals surface area contributed by atoms with Crippen LogP contribution in [0.4, 0.5) is 5.13 Å². The molecule has 1 heterocycles. The van der Waals surface area contributed by atoms with Gasteiger partial charge in [0.05, 0.1) is 16.4 Å². The van der Waals surface area contributed by atoms with E-state index in [1.165, 1.54) is 16.3 Å². The Bertz CT molecular complexity index is 1260. The molecule has 0 spiro atoms. The lowest BCUT2D eigenvalue weighted by Crippen LogP contribution is -2.26. The molecule has 4 rings (SSSR count). The number of nitrogens with zero attached hydrogens (tertiary/aromatic N) is 3. The summed E-state index contributed by atoms with van der Waals surface area (Å²) in [6, 6.07) is 19.6. The lowest BCUT2D eigenvalue weighted by Gasteiger charge is -2.15. The second kappa shape index (κ2) is 8.50. The molecular formula is C24H20BrN3OS. The highest BCUT2D eigenvalue weighted by molar-refractivity contribution is 9.10. The molecule has 150 valence electrons. The zero-order valence-electron chi connectivity index (χ0n) is 16.9. The predicted octanol–water partition coefficient (Wildman–Crippen LogP) is 6.66. The van der Waals surface area contributed by atoms with Gasteiger partial charge < -0.3 is 0 Å². The SMILES string of the molecule is Cc1ccc(C(=O)N(/N=C/c2ccc(Br)cc2)c2nc3ccc(C)cc3s2)c(C)c1. The zero-order chi connectivity index (χ0) is 21.3. The van der Waals surface area contributed by atoms with Gasteiger partial charge >= 0.3 is 0 Å². The minimum Gasteiger partial charge on any atom is -0.267 e. The maximum Gasteiger partial charge on any atom is 0.281 e. The number of aryl methyl sites for hydroxylation is 3. The number of carbonyl (C=O) groups is 1. The number of amides is 1. The second-order valence-corrected chi connectivity index (χ2v) is 9.12. The molecular weight excluding hydrogens is 458 g/mol. The first-order valence-electron chi connectivity index (χ1n) is 9.49. The van der Waals surface area contributed by atoms with Crippen molar-refractivity contribution >= 4 is 54.7 Å². The van der Waals surface area contributed by atoms with Gasteiger partial charge in [0, 0.05) is 10.0 Å². The quantitative estimate of drug-likeness (QED) is 0.243. The molecule has 0 saturated heterocycles. The summed E-state index contributed by atoms with van der Waals surface area (Å²) in [5.41, 5.74) is 5.56. The third-order valence-corrected chi connectivity index (χ3v) is 6.23. The molecule has 0 radical (unpaired) electrons. The molecule has 1 amide bonds. The van der Waals surface area contributed by atoms with Crippen molar-refractivity contribution in [2.24, 2.45) is 5.10 Å². The van der Waals surface area contributed by atoms with Crippen molar-refractivity contribution in [1.29, 1.82) is 0 Å². The third-order valence-electron chi connectivity index (χ3n) is 4.71. The number of anilines is 1. The van der Waals surface area contributed by atoms with E-state index in [1.807, 2.05) is 75.4 Å². The van der Waals surface area contributed by atoms with E-state index in [0.29, 0.717) is 10.7 Å². The Hall–Kier alpha value is -2.83. The lowest BCUT2D eigenvalue weighted by molar-refractivity contribution is 0.0987. The van der Waals surface area contributed by atoms with Gasteiger partial charge in [-0.25, -0.2) is 4.98 Å². The van der Waals surface area contributed by atoms with Gasteiger partial charge in [0.1, 0.15) is 0 Å². The van der Waals surface area contributed by atoms with Crippen LogP contribution < -0.4 is 5.01 Å². The number of hydrogen-bond acceptors (Lipinski definition) is 4. The molecule has 6 heteroatoms. The number of halogens is 1. The maximum atomic E-state index is 13.5. The van der Waals surface area contributed by atoms with Crippen molar-refractivity contribution in [2.75, 3.05) is 5.01 Å². The van der Waals surface area contributed by atoms with Crippen LogP contribution in [0.5, 0.6) is 0 Å². The minimum atomic E-state index is -0.198. The fraction of sp³-hybridized carbons (Fsp3) is 0.125. The van der Waals surface area contributed by atoms with Crippen LogP contribution in [-0.4, -0.2) is 17.1 Å². The number of fused-ring (bicyclic) bond motifs is 1. The van der Waals surface area contributed by atoms with E-state index in [2.05, 4.69) is 32.1 Å². The Morgan fingerprint density at radius 2 is 1.70 bits per heavy atom. The predicted molar refractivity (Wildman–Crippen MR) is 129 cm³/mol. The topological polar surface area (TPSA) is 45.6 Å². The van der Waals surface area contributed by atoms with E-state index in [0.717, 1.165) is 36.9 Å². The van der Waals surface area contributed by atoms with Crippen LogP contribution in [0.2, 0.25) is 0 Å². The molecule has 0 aliphatic rings. The number of rotatable bonds is 4. The van der Waals surface area contributed by atoms with Crippen molar-refractivity contribution in [3.8, 4) is 0 Å². The van der Waals surface area contributed by atoms with Crippen LogP contribution in [0.25, 0.3) is 10.2 Å². The van der Waals surface area contributed by atoms with Gasteiger partial charge in [0.15, 0.2) is 0 Å². The van der Waals surface area contributed by atoms with Gasteiger partial charge in [-0.1, -0.05) is 63.2 Å². The van der Waals surface area contributed by atoms with E-state index in [4.69, 9.17) is 0 Å². The number of thiazole rings is 1. The molecule has 0 atom stereocenters. The average Bonchev–Trinajstić information content (AvgIpc) is 3.12. The first-order valence-corrected chi connectivity index (χ1v) is 11.1. The summed E-state index contributed by atoms with van der Waals surface area (Å²) in [6.07, 6.45) is 1.69. The monoisotopic (exact) mass is 477 g/mol. The molecule has 4 aromatic rings. The van der Waals surface area contributed by atoms with Crippen LogP contribution in [0.15, 0.2) is 70.2 Å². The summed E-state index contributed by atoms with van der Waals surface area (Å²) in [5.74, 6) is -0.198. The third kappa shape index (κ3) is 4.35. The number of hydrogen-bond donors (Lipinski definition) is 0. The van der Waals surface area contributed by atoms with E-state index >= 15 is 0 Å². The number of aromatic nitrogens is 1. The van der Waals surface area contributed by atoms with E-state index < -0.39 is 0 Å². The Labute approximate surface area is 188 Å². The zero-order valence-corrected chi connectivity index (χ0v) is 19.3. The lowest BCUT2D eigenvalue weighted by atomic mass is 10.1. The number of carbonyl (C=O) groups excluding carboxylic acids is 1. The van der Waals surface area contributed by atoms with E-state index in [-0.39, 0.29) is 5.91 Å². The van der Waals surface area contributed by atoms with Gasteiger partial charge in [0.2, 0.25) is 5.13 Å². The number of benzene rings is 3. The highest BCUT2D eigenvalue weighted by Crippen LogP contribution is 2.31. The fourth-order valence-electron chi connectivity index (χ4n) is 3.14. The van der Waals surface area contributed by atoms with Crippen molar-refractivity contribution in [1.82, 2.24) is 4.98 Å². The standard InChI is InChI=1S/C24H20BrN3OS/c1-15-4-10-20(17(3)12-15)23(29)28(26-14-18-6-8-19(25)9-7-18)24-27-21-11-5-16(2)13-22(21)30-24/h4-14H,1-3H3/b26-14+. The largest absolute Gasteiger partial charge is 0.281 e. The molecule has 0 aliphatic carbocycles. The molecule has 30 heavy (non-hydrogen) atoms. The van der Waals surface area contributed by atoms with Gasteiger partial charge in [-0.2, -0.15) is 10.1 Å². The summed E-state index contributed by atoms with van der Waals surface area (Å²) in [6.45, 7) is 6.00. The minimum absolute atomic E-state index is 0.198. The molecule has 0 fully saturated rings. The van der Waals surface area contributed by atoms with E-state index in [9.17, 15) is 4.79 Å². The molecule has 0 bridgehead atoms. The second-order valence-electron chi connectivity index (χ2n) is 7.20.